The maximum Gasteiger partial charge on any atom is 0.0950 e. The van der Waals surface area contributed by atoms with E-state index in [0.717, 1.165) is 19.7 Å². The Morgan fingerprint density at radius 1 is 1.88 bits per heavy atom. The van der Waals surface area contributed by atoms with Gasteiger partial charge in [-0.15, -0.1) is 6.58 Å². The third-order valence-corrected chi connectivity index (χ3v) is 0.993. The van der Waals surface area contributed by atoms with Crippen LogP contribution in [0.4, 0.5) is 0 Å². The number of nitrogens with zero attached hydrogens (tertiary/aromatic N) is 1. The fraction of sp³-hybridized carbons (Fsp3) is 0.667. The van der Waals surface area contributed by atoms with Crippen LogP contribution in [0.5, 0.6) is 0 Å². The van der Waals surface area contributed by atoms with E-state index in [-0.39, 0.29) is 0 Å². The largest absolute Gasteiger partial charge is 0.372 e. The quantitative estimate of drug-likeness (QED) is 0.289. The summed E-state index contributed by atoms with van der Waals surface area (Å²) >= 11 is 0. The maximum absolute atomic E-state index is 4.93. The molecule has 1 aliphatic heterocycles. The van der Waals surface area contributed by atoms with Gasteiger partial charge in [-0.2, -0.15) is 0 Å². The van der Waals surface area contributed by atoms with E-state index in [1.807, 2.05) is 0 Å². The third-order valence-electron chi connectivity index (χ3n) is 0.993. The van der Waals surface area contributed by atoms with Crippen LogP contribution in [0.15, 0.2) is 12.7 Å². The molecule has 0 amide bonds. The average Bonchev–Trinajstić information content (AvgIpc) is 2.51. The molecule has 1 heterocycles. The second-order valence-corrected chi connectivity index (χ2v) is 1.83. The first-order valence-corrected chi connectivity index (χ1v) is 2.79. The first-order valence-electron chi connectivity index (χ1n) is 2.79. The summed E-state index contributed by atoms with van der Waals surface area (Å²) in [7, 11) is 0. The Morgan fingerprint density at radius 3 is 3.12 bits per heavy atom. The van der Waals surface area contributed by atoms with Crippen LogP contribution >= 0.6 is 0 Å². The Morgan fingerprint density at radius 2 is 2.62 bits per heavy atom. The lowest BCUT2D eigenvalue weighted by molar-refractivity contribution is 0.398. The lowest BCUT2D eigenvalue weighted by Gasteiger charge is -1.90. The maximum atomic E-state index is 4.93. The van der Waals surface area contributed by atoms with Crippen molar-refractivity contribution in [1.29, 1.82) is 0 Å². The second kappa shape index (κ2) is 2.84. The number of rotatable bonds is 4. The molecule has 1 aliphatic rings. The lowest BCUT2D eigenvalue weighted by atomic mass is 10.4. The van der Waals surface area contributed by atoms with Gasteiger partial charge in [0.05, 0.1) is 12.7 Å². The zero-order chi connectivity index (χ0) is 5.82. The van der Waals surface area contributed by atoms with E-state index in [1.165, 1.54) is 0 Å². The molecule has 0 bridgehead atoms. The van der Waals surface area contributed by atoms with Crippen LogP contribution in [0.25, 0.3) is 0 Å². The highest BCUT2D eigenvalue weighted by atomic mass is 16.6. The summed E-state index contributed by atoms with van der Waals surface area (Å²) < 4.78 is 4.93. The van der Waals surface area contributed by atoms with Crippen LogP contribution in [0.3, 0.4) is 0 Å². The molecule has 0 aliphatic carbocycles. The van der Waals surface area contributed by atoms with Crippen LogP contribution in [0.2, 0.25) is 0 Å². The normalized spacial score (nSPS) is 25.2. The molecule has 2 nitrogen and oxygen atoms in total. The molecule has 0 aromatic carbocycles. The smallest absolute Gasteiger partial charge is 0.0950 e. The van der Waals surface area contributed by atoms with E-state index in [4.69, 9.17) is 4.74 Å². The Kier molecular flexibility index (Phi) is 2.06. The third kappa shape index (κ3) is 2.09. The van der Waals surface area contributed by atoms with Crippen molar-refractivity contribution in [3.63, 3.8) is 0 Å². The number of ether oxygens (including phenoxy) is 1. The van der Waals surface area contributed by atoms with Crippen molar-refractivity contribution in [1.82, 2.24) is 5.32 Å². The zero-order valence-electron chi connectivity index (χ0n) is 4.84. The van der Waals surface area contributed by atoms with Crippen LogP contribution in [-0.2, 0) is 4.74 Å². The fourth-order valence-corrected chi connectivity index (χ4v) is 0.483. The van der Waals surface area contributed by atoms with Gasteiger partial charge in [-0.05, 0) is 0 Å². The molecular weight excluding hydrogens is 102 g/mol. The predicted octanol–water partition coefficient (Wildman–Crippen LogP) is 0.176. The van der Waals surface area contributed by atoms with Gasteiger partial charge in [-0.25, -0.2) is 5.32 Å². The van der Waals surface area contributed by atoms with Gasteiger partial charge < -0.3 is 4.74 Å². The molecule has 1 atom stereocenters. The SMILES string of the molecule is C=CC[N]CC1CO1. The lowest BCUT2D eigenvalue weighted by Crippen LogP contribution is -2.11. The van der Waals surface area contributed by atoms with Crippen LogP contribution < -0.4 is 5.32 Å². The van der Waals surface area contributed by atoms with E-state index < -0.39 is 0 Å². The molecule has 0 aromatic heterocycles. The highest BCUT2D eigenvalue weighted by Crippen LogP contribution is 2.06. The van der Waals surface area contributed by atoms with E-state index in [2.05, 4.69) is 11.9 Å². The average molecular weight is 112 g/mol. The summed E-state index contributed by atoms with van der Waals surface area (Å²) in [4.78, 5) is 0. The minimum atomic E-state index is 0.440. The van der Waals surface area contributed by atoms with Gasteiger partial charge in [-0.1, -0.05) is 6.08 Å². The molecule has 8 heavy (non-hydrogen) atoms. The molecule has 0 aromatic rings. The summed E-state index contributed by atoms with van der Waals surface area (Å²) in [5.41, 5.74) is 0. The second-order valence-electron chi connectivity index (χ2n) is 1.83. The molecule has 45 valence electrons. The van der Waals surface area contributed by atoms with Gasteiger partial charge in [0, 0.05) is 13.1 Å². The standard InChI is InChI=1S/C6H10NO/c1-2-3-7-4-6-5-8-6/h2,6H,1,3-5H2. The van der Waals surface area contributed by atoms with Crippen LogP contribution in [0.1, 0.15) is 0 Å². The molecule has 1 unspecified atom stereocenters. The number of hydrogen-bond acceptors (Lipinski definition) is 1. The fourth-order valence-electron chi connectivity index (χ4n) is 0.483. The minimum Gasteiger partial charge on any atom is -0.372 e. The van der Waals surface area contributed by atoms with Crippen molar-refractivity contribution in [2.45, 2.75) is 6.10 Å². The Hall–Kier alpha value is -0.340. The molecule has 0 spiro atoms. The number of hydrogen-bond donors (Lipinski definition) is 0. The van der Waals surface area contributed by atoms with Gasteiger partial charge >= 0.3 is 0 Å². The summed E-state index contributed by atoms with van der Waals surface area (Å²) in [6, 6.07) is 0. The first-order chi connectivity index (χ1) is 3.93. The molecule has 1 saturated heterocycles. The van der Waals surface area contributed by atoms with Gasteiger partial charge in [0.25, 0.3) is 0 Å². The molecule has 0 saturated carbocycles. The summed E-state index contributed by atoms with van der Waals surface area (Å²) in [5, 5.41) is 4.11. The molecule has 1 fully saturated rings. The highest BCUT2D eigenvalue weighted by Gasteiger charge is 2.21. The van der Waals surface area contributed by atoms with Crippen molar-refractivity contribution in [2.75, 3.05) is 19.7 Å². The van der Waals surface area contributed by atoms with E-state index >= 15 is 0 Å². The predicted molar refractivity (Wildman–Crippen MR) is 31.8 cm³/mol. The van der Waals surface area contributed by atoms with Gasteiger partial charge in [0.2, 0.25) is 0 Å². The number of epoxide rings is 1. The van der Waals surface area contributed by atoms with Crippen molar-refractivity contribution in [3.05, 3.63) is 12.7 Å². The Labute approximate surface area is 49.5 Å². The van der Waals surface area contributed by atoms with Crippen molar-refractivity contribution < 1.29 is 4.74 Å². The summed E-state index contributed by atoms with van der Waals surface area (Å²) in [6.07, 6.45) is 2.23. The van der Waals surface area contributed by atoms with Gasteiger partial charge in [0.1, 0.15) is 0 Å². The highest BCUT2D eigenvalue weighted by molar-refractivity contribution is 4.75. The molecule has 2 heteroatoms. The molecule has 0 N–H and O–H groups in total. The van der Waals surface area contributed by atoms with E-state index in [0.29, 0.717) is 6.10 Å². The Balaban J connectivity index is 1.80. The van der Waals surface area contributed by atoms with Crippen LogP contribution in [0, 0.1) is 0 Å². The zero-order valence-corrected chi connectivity index (χ0v) is 4.84. The van der Waals surface area contributed by atoms with E-state index in [9.17, 15) is 0 Å². The van der Waals surface area contributed by atoms with Crippen molar-refractivity contribution >= 4 is 0 Å². The summed E-state index contributed by atoms with van der Waals surface area (Å²) in [6.45, 7) is 6.06. The van der Waals surface area contributed by atoms with Crippen LogP contribution in [-0.4, -0.2) is 25.8 Å². The monoisotopic (exact) mass is 112 g/mol. The summed E-state index contributed by atoms with van der Waals surface area (Å²) in [5.74, 6) is 0. The van der Waals surface area contributed by atoms with Crippen molar-refractivity contribution in [3.8, 4) is 0 Å². The van der Waals surface area contributed by atoms with E-state index in [1.54, 1.807) is 6.08 Å². The van der Waals surface area contributed by atoms with Gasteiger partial charge in [-0.3, -0.25) is 0 Å². The molecular formula is C6H10NO. The first kappa shape index (κ1) is 5.79. The minimum absolute atomic E-state index is 0.440. The Bertz CT molecular complexity index is 78.6. The topological polar surface area (TPSA) is 26.6 Å². The van der Waals surface area contributed by atoms with Crippen molar-refractivity contribution in [2.24, 2.45) is 0 Å². The molecule has 1 rings (SSSR count). The van der Waals surface area contributed by atoms with Gasteiger partial charge in [0.15, 0.2) is 0 Å². The molecule has 1 radical (unpaired) electrons.